The van der Waals surface area contributed by atoms with Crippen LogP contribution in [0.1, 0.15) is 25.3 Å². The van der Waals surface area contributed by atoms with Crippen LogP contribution in [0, 0.1) is 19.4 Å². The molecule has 0 saturated heterocycles. The summed E-state index contributed by atoms with van der Waals surface area (Å²) in [5.41, 5.74) is 8.14. The first-order valence-electron chi connectivity index (χ1n) is 12.8. The average Bonchev–Trinajstić information content (AvgIpc) is 3.42. The van der Waals surface area contributed by atoms with Gasteiger partial charge in [0, 0.05) is 42.5 Å². The summed E-state index contributed by atoms with van der Waals surface area (Å²) in [5.74, 6) is 0.394. The summed E-state index contributed by atoms with van der Waals surface area (Å²) in [6.07, 6.45) is 0. The van der Waals surface area contributed by atoms with Crippen molar-refractivity contribution in [3.05, 3.63) is 110 Å². The normalized spacial score (nSPS) is 14.4. The van der Waals surface area contributed by atoms with Gasteiger partial charge in [-0.05, 0) is 78.0 Å². The van der Waals surface area contributed by atoms with Crippen LogP contribution >= 0.6 is 0 Å². The van der Waals surface area contributed by atoms with Crippen molar-refractivity contribution in [3.8, 4) is 0 Å². The number of nitrogens with zero attached hydrogens (tertiary/aromatic N) is 4. The van der Waals surface area contributed by atoms with Crippen molar-refractivity contribution < 1.29 is 19.8 Å². The molecule has 2 heterocycles. The van der Waals surface area contributed by atoms with E-state index in [0.717, 1.165) is 11.4 Å². The minimum Gasteiger partial charge on any atom is -0.504 e. The zero-order chi connectivity index (χ0) is 25.3. The molecule has 0 unspecified atom stereocenters. The van der Waals surface area contributed by atoms with Crippen molar-refractivity contribution in [2.45, 2.75) is 19.8 Å². The van der Waals surface area contributed by atoms with Crippen molar-refractivity contribution in [1.82, 2.24) is 0 Å². The number of benzene rings is 5. The molecular formula is C33H29N4Os-3. The molecule has 5 aromatic rings. The van der Waals surface area contributed by atoms with Crippen LogP contribution in [0.25, 0.3) is 21.5 Å². The minimum atomic E-state index is 0. The third-order valence-corrected chi connectivity index (χ3v) is 7.59. The molecule has 0 amide bonds. The molecule has 192 valence electrons. The third kappa shape index (κ3) is 3.92. The van der Waals surface area contributed by atoms with Crippen LogP contribution in [0.4, 0.5) is 34.1 Å². The smallest absolute Gasteiger partial charge is 0.0332 e. The Balaban J connectivity index is 0.00000264. The fourth-order valence-corrected chi connectivity index (χ4v) is 5.54. The van der Waals surface area contributed by atoms with E-state index in [1.54, 1.807) is 0 Å². The van der Waals surface area contributed by atoms with Crippen molar-refractivity contribution in [2.75, 3.05) is 33.7 Å². The molecule has 0 N–H and O–H groups in total. The van der Waals surface area contributed by atoms with Gasteiger partial charge in [0.05, 0.1) is 0 Å². The summed E-state index contributed by atoms with van der Waals surface area (Å²) in [4.78, 5) is 8.92. The maximum atomic E-state index is 3.76. The molecule has 0 bridgehead atoms. The third-order valence-electron chi connectivity index (χ3n) is 7.59. The number of rotatable bonds is 3. The molecule has 7 rings (SSSR count). The van der Waals surface area contributed by atoms with E-state index in [9.17, 15) is 0 Å². The maximum absolute atomic E-state index is 3.76. The van der Waals surface area contributed by atoms with Gasteiger partial charge in [-0.15, -0.1) is 29.6 Å². The quantitative estimate of drug-likeness (QED) is 0.141. The summed E-state index contributed by atoms with van der Waals surface area (Å²) >= 11 is 0. The zero-order valence-electron chi connectivity index (χ0n) is 22.0. The molecule has 4 nitrogen and oxygen atoms in total. The van der Waals surface area contributed by atoms with Gasteiger partial charge in [0.15, 0.2) is 0 Å². The van der Waals surface area contributed by atoms with Crippen molar-refractivity contribution in [3.63, 3.8) is 0 Å². The van der Waals surface area contributed by atoms with E-state index >= 15 is 0 Å². The molecule has 0 spiro atoms. The fourth-order valence-electron chi connectivity index (χ4n) is 5.54. The molecule has 0 aliphatic carbocycles. The van der Waals surface area contributed by atoms with Gasteiger partial charge in [-0.1, -0.05) is 50.2 Å². The number of para-hydroxylation sites is 2. The minimum absolute atomic E-state index is 0. The molecule has 2 aliphatic heterocycles. The van der Waals surface area contributed by atoms with E-state index in [1.165, 1.54) is 49.9 Å². The second-order valence-corrected chi connectivity index (χ2v) is 10.4. The van der Waals surface area contributed by atoms with Gasteiger partial charge in [0.2, 0.25) is 0 Å². The van der Waals surface area contributed by atoms with Gasteiger partial charge >= 0.3 is 0 Å². The average molecular weight is 672 g/mol. The molecule has 0 atom stereocenters. The van der Waals surface area contributed by atoms with Crippen LogP contribution in [0.3, 0.4) is 0 Å². The van der Waals surface area contributed by atoms with Crippen molar-refractivity contribution in [2.24, 2.45) is 0 Å². The van der Waals surface area contributed by atoms with E-state index in [-0.39, 0.29) is 19.8 Å². The number of hydrogen-bond donors (Lipinski definition) is 0. The first-order valence-corrected chi connectivity index (χ1v) is 12.8. The van der Waals surface area contributed by atoms with E-state index in [0.29, 0.717) is 5.92 Å². The van der Waals surface area contributed by atoms with Crippen LogP contribution in [0.2, 0.25) is 0 Å². The van der Waals surface area contributed by atoms with Crippen molar-refractivity contribution in [1.29, 1.82) is 0 Å². The standard InChI is InChI=1S/C33H29N4.Os/c1-22(2)25-15-28(36-20-34(3)30-11-7-8-12-31(30)36)19-29(16-25)37-21-35(4)32-17-26-13-23-9-5-6-10-24(23)14-27(26)18-33(32)37;/h5-18,20-22H,1-4H3;/q-3;. The van der Waals surface area contributed by atoms with Gasteiger partial charge < -0.3 is 19.6 Å². The zero-order valence-corrected chi connectivity index (χ0v) is 24.5. The maximum Gasteiger partial charge on any atom is 0.0332 e. The Kier molecular flexibility index (Phi) is 6.08. The predicted octanol–water partition coefficient (Wildman–Crippen LogP) is 8.33. The second-order valence-electron chi connectivity index (χ2n) is 10.4. The van der Waals surface area contributed by atoms with Gasteiger partial charge in [-0.25, -0.2) is 0 Å². The van der Waals surface area contributed by atoms with Crippen molar-refractivity contribution >= 4 is 55.7 Å². The van der Waals surface area contributed by atoms with Crippen LogP contribution < -0.4 is 19.6 Å². The molecule has 0 aromatic heterocycles. The van der Waals surface area contributed by atoms with Crippen LogP contribution in [-0.2, 0) is 19.8 Å². The van der Waals surface area contributed by atoms with Gasteiger partial charge in [-0.3, -0.25) is 0 Å². The summed E-state index contributed by atoms with van der Waals surface area (Å²) in [5, 5.41) is 5.03. The second kappa shape index (κ2) is 9.33. The Morgan fingerprint density at radius 2 is 1.08 bits per heavy atom. The molecule has 38 heavy (non-hydrogen) atoms. The first kappa shape index (κ1) is 24.8. The monoisotopic (exact) mass is 673 g/mol. The molecular weight excluding hydrogens is 643 g/mol. The Bertz CT molecular complexity index is 1680. The first-order chi connectivity index (χ1) is 18.0. The molecule has 0 saturated carbocycles. The molecule has 0 fully saturated rings. The fraction of sp³-hybridized carbons (Fsp3) is 0.152. The number of hydrogen-bond acceptors (Lipinski definition) is 4. The Labute approximate surface area is 238 Å². The molecule has 0 radical (unpaired) electrons. The summed E-state index contributed by atoms with van der Waals surface area (Å²) < 4.78 is 0. The molecule has 2 aliphatic rings. The predicted molar refractivity (Wildman–Crippen MR) is 157 cm³/mol. The van der Waals surface area contributed by atoms with E-state index in [2.05, 4.69) is 152 Å². The topological polar surface area (TPSA) is 13.0 Å². The van der Waals surface area contributed by atoms with Crippen LogP contribution in [-0.4, -0.2) is 14.1 Å². The largest absolute Gasteiger partial charge is 0.504 e. The van der Waals surface area contributed by atoms with Gasteiger partial charge in [-0.2, -0.15) is 18.9 Å². The summed E-state index contributed by atoms with van der Waals surface area (Å²) in [7, 11) is 4.22. The summed E-state index contributed by atoms with van der Waals surface area (Å²) in [6, 6.07) is 34.6. The molecule has 5 aromatic carbocycles. The van der Waals surface area contributed by atoms with Crippen LogP contribution in [0.15, 0.2) is 84.9 Å². The van der Waals surface area contributed by atoms with E-state index < -0.39 is 0 Å². The SMILES string of the molecule is CC(C)c1cc(N2[CH-]N(C)c3ccccc32)[c-]c(N2[CH-]N(C)c3cc4cc5ccccc5cc4cc32)c1.[Os]. The number of anilines is 6. The Morgan fingerprint density at radius 3 is 1.68 bits per heavy atom. The van der Waals surface area contributed by atoms with Gasteiger partial charge in [0.25, 0.3) is 0 Å². The van der Waals surface area contributed by atoms with Crippen LogP contribution in [0.5, 0.6) is 0 Å². The van der Waals surface area contributed by atoms with E-state index in [4.69, 9.17) is 0 Å². The Hall–Kier alpha value is -3.54. The van der Waals surface area contributed by atoms with E-state index in [1.807, 2.05) is 0 Å². The number of fused-ring (bicyclic) bond motifs is 4. The summed E-state index contributed by atoms with van der Waals surface area (Å²) in [6.45, 7) is 8.83. The van der Waals surface area contributed by atoms with Gasteiger partial charge in [0.1, 0.15) is 0 Å². The Morgan fingerprint density at radius 1 is 0.579 bits per heavy atom. The molecule has 5 heteroatoms.